The molecule has 0 aliphatic carbocycles. The van der Waals surface area contributed by atoms with Crippen LogP contribution in [0, 0.1) is 0 Å². The zero-order valence-corrected chi connectivity index (χ0v) is 16.5. The van der Waals surface area contributed by atoms with E-state index in [2.05, 4.69) is 54.1 Å². The summed E-state index contributed by atoms with van der Waals surface area (Å²) in [6.07, 6.45) is 0. The van der Waals surface area contributed by atoms with E-state index in [1.807, 2.05) is 47.1 Å². The number of para-hydroxylation sites is 1. The molecule has 1 aliphatic heterocycles. The van der Waals surface area contributed by atoms with E-state index in [0.29, 0.717) is 6.54 Å². The molecule has 4 aromatic rings. The fourth-order valence-electron chi connectivity index (χ4n) is 3.76. The van der Waals surface area contributed by atoms with E-state index in [1.54, 1.807) is 0 Å². The van der Waals surface area contributed by atoms with Crippen LogP contribution >= 0.6 is 0 Å². The molecular formula is C21H24N8. The van der Waals surface area contributed by atoms with Crippen molar-refractivity contribution < 1.29 is 0 Å². The van der Waals surface area contributed by atoms with E-state index in [-0.39, 0.29) is 0 Å². The molecule has 5 rings (SSSR count). The van der Waals surface area contributed by atoms with Gasteiger partial charge in [0.25, 0.3) is 0 Å². The Morgan fingerprint density at radius 2 is 1.59 bits per heavy atom. The van der Waals surface area contributed by atoms with Gasteiger partial charge in [0.1, 0.15) is 12.1 Å². The third-order valence-corrected chi connectivity index (χ3v) is 5.51. The Labute approximate surface area is 169 Å². The molecule has 0 N–H and O–H groups in total. The van der Waals surface area contributed by atoms with E-state index >= 15 is 0 Å². The number of likely N-dealkylation sites (N-methyl/N-ethyl adjacent to an activating group) is 1. The van der Waals surface area contributed by atoms with Crippen LogP contribution in [0.2, 0.25) is 0 Å². The highest BCUT2D eigenvalue weighted by Gasteiger charge is 2.20. The van der Waals surface area contributed by atoms with Crippen molar-refractivity contribution in [1.82, 2.24) is 39.6 Å². The van der Waals surface area contributed by atoms with Crippen molar-refractivity contribution in [1.29, 1.82) is 0 Å². The summed E-state index contributed by atoms with van der Waals surface area (Å²) in [7, 11) is 2.17. The van der Waals surface area contributed by atoms with Crippen molar-refractivity contribution in [2.24, 2.45) is 0 Å². The lowest BCUT2D eigenvalue weighted by atomic mass is 10.2. The van der Waals surface area contributed by atoms with Crippen molar-refractivity contribution in [2.75, 3.05) is 33.2 Å². The molecule has 1 aliphatic rings. The monoisotopic (exact) mass is 388 g/mol. The zero-order valence-electron chi connectivity index (χ0n) is 16.5. The summed E-state index contributed by atoms with van der Waals surface area (Å²) in [5.74, 6) is 1.78. The Hall–Kier alpha value is -3.10. The molecular weight excluding hydrogens is 364 g/mol. The lowest BCUT2D eigenvalue weighted by molar-refractivity contribution is 0.124. The standard InChI is InChI=1S/C21H24N8/c1-26-11-13-27(14-12-26)16-28-20(23-24-21(28)17-7-3-2-4-8-17)15-29-19-10-6-5-9-18(19)22-25-29/h2-10H,11-16H2,1H3. The van der Waals surface area contributed by atoms with Crippen molar-refractivity contribution in [3.05, 3.63) is 60.4 Å². The van der Waals surface area contributed by atoms with Gasteiger partial charge < -0.3 is 4.90 Å². The van der Waals surface area contributed by atoms with Crippen LogP contribution in [-0.4, -0.2) is 72.8 Å². The fourth-order valence-corrected chi connectivity index (χ4v) is 3.76. The summed E-state index contributed by atoms with van der Waals surface area (Å²) in [6, 6.07) is 18.3. The summed E-state index contributed by atoms with van der Waals surface area (Å²) in [4.78, 5) is 4.82. The largest absolute Gasteiger partial charge is 0.304 e. The Kier molecular flexibility index (Phi) is 4.79. The first-order valence-electron chi connectivity index (χ1n) is 9.94. The van der Waals surface area contributed by atoms with Gasteiger partial charge in [-0.25, -0.2) is 4.68 Å². The second-order valence-corrected chi connectivity index (χ2v) is 7.53. The molecule has 1 saturated heterocycles. The van der Waals surface area contributed by atoms with Crippen molar-refractivity contribution in [3.63, 3.8) is 0 Å². The van der Waals surface area contributed by atoms with Crippen LogP contribution in [0.5, 0.6) is 0 Å². The number of piperazine rings is 1. The quantitative estimate of drug-likeness (QED) is 0.521. The molecule has 0 atom stereocenters. The van der Waals surface area contributed by atoms with Crippen LogP contribution in [-0.2, 0) is 13.2 Å². The molecule has 148 valence electrons. The van der Waals surface area contributed by atoms with Crippen LogP contribution in [0.3, 0.4) is 0 Å². The highest BCUT2D eigenvalue weighted by Crippen LogP contribution is 2.20. The second-order valence-electron chi connectivity index (χ2n) is 7.53. The highest BCUT2D eigenvalue weighted by molar-refractivity contribution is 5.73. The van der Waals surface area contributed by atoms with Gasteiger partial charge >= 0.3 is 0 Å². The van der Waals surface area contributed by atoms with Crippen LogP contribution in [0.1, 0.15) is 5.82 Å². The maximum Gasteiger partial charge on any atom is 0.165 e. The first-order valence-corrected chi connectivity index (χ1v) is 9.94. The number of hydrogen-bond acceptors (Lipinski definition) is 6. The third kappa shape index (κ3) is 3.64. The number of nitrogens with zero attached hydrogens (tertiary/aromatic N) is 8. The number of rotatable bonds is 5. The average Bonchev–Trinajstić information content (AvgIpc) is 3.35. The maximum absolute atomic E-state index is 4.54. The number of aromatic nitrogens is 6. The van der Waals surface area contributed by atoms with Gasteiger partial charge in [0.2, 0.25) is 0 Å². The van der Waals surface area contributed by atoms with Gasteiger partial charge in [-0.3, -0.25) is 9.47 Å². The van der Waals surface area contributed by atoms with Crippen molar-refractivity contribution >= 4 is 11.0 Å². The summed E-state index contributed by atoms with van der Waals surface area (Å²) < 4.78 is 4.12. The smallest absolute Gasteiger partial charge is 0.165 e. The molecule has 0 unspecified atom stereocenters. The minimum absolute atomic E-state index is 0.536. The summed E-state index contributed by atoms with van der Waals surface area (Å²) in [5.41, 5.74) is 2.97. The van der Waals surface area contributed by atoms with Gasteiger partial charge in [0.05, 0.1) is 12.2 Å². The lowest BCUT2D eigenvalue weighted by Gasteiger charge is -2.33. The predicted molar refractivity (Wildman–Crippen MR) is 111 cm³/mol. The molecule has 0 saturated carbocycles. The lowest BCUT2D eigenvalue weighted by Crippen LogP contribution is -2.45. The molecule has 3 heterocycles. The van der Waals surface area contributed by atoms with Crippen molar-refractivity contribution in [3.8, 4) is 11.4 Å². The Morgan fingerprint density at radius 1 is 0.828 bits per heavy atom. The van der Waals surface area contributed by atoms with Crippen LogP contribution in [0.15, 0.2) is 54.6 Å². The Bertz CT molecular complexity index is 1090. The van der Waals surface area contributed by atoms with Crippen LogP contribution in [0.4, 0.5) is 0 Å². The summed E-state index contributed by atoms with van der Waals surface area (Å²) >= 11 is 0. The molecule has 0 bridgehead atoms. The Morgan fingerprint density at radius 3 is 2.41 bits per heavy atom. The summed E-state index contributed by atoms with van der Waals surface area (Å²) in [6.45, 7) is 5.53. The molecule has 0 spiro atoms. The van der Waals surface area contributed by atoms with E-state index < -0.39 is 0 Å². The molecule has 8 nitrogen and oxygen atoms in total. The SMILES string of the molecule is CN1CCN(Cn2c(Cn3nnc4ccccc43)nnc2-c2ccccc2)CC1. The van der Waals surface area contributed by atoms with E-state index in [4.69, 9.17) is 0 Å². The van der Waals surface area contributed by atoms with E-state index in [1.165, 1.54) is 0 Å². The average molecular weight is 388 g/mol. The molecule has 8 heteroatoms. The molecule has 2 aromatic heterocycles. The number of hydrogen-bond donors (Lipinski definition) is 0. The van der Waals surface area contributed by atoms with Crippen LogP contribution in [0.25, 0.3) is 22.4 Å². The zero-order chi connectivity index (χ0) is 19.6. The normalized spacial score (nSPS) is 15.9. The number of fused-ring (bicyclic) bond motifs is 1. The van der Waals surface area contributed by atoms with Gasteiger partial charge in [-0.2, -0.15) is 0 Å². The van der Waals surface area contributed by atoms with Gasteiger partial charge in [0, 0.05) is 31.7 Å². The third-order valence-electron chi connectivity index (χ3n) is 5.51. The minimum atomic E-state index is 0.536. The first-order chi connectivity index (χ1) is 14.3. The predicted octanol–water partition coefficient (Wildman–Crippen LogP) is 1.94. The van der Waals surface area contributed by atoms with E-state index in [9.17, 15) is 0 Å². The minimum Gasteiger partial charge on any atom is -0.304 e. The van der Waals surface area contributed by atoms with Gasteiger partial charge in [-0.15, -0.1) is 15.3 Å². The van der Waals surface area contributed by atoms with Gasteiger partial charge in [0.15, 0.2) is 11.6 Å². The van der Waals surface area contributed by atoms with Crippen LogP contribution < -0.4 is 0 Å². The fraction of sp³-hybridized carbons (Fsp3) is 0.333. The maximum atomic E-state index is 4.54. The second kappa shape index (κ2) is 7.73. The molecule has 2 aromatic carbocycles. The highest BCUT2D eigenvalue weighted by atomic mass is 15.4. The van der Waals surface area contributed by atoms with Gasteiger partial charge in [-0.1, -0.05) is 47.7 Å². The summed E-state index contributed by atoms with van der Waals surface area (Å²) in [5, 5.41) is 17.7. The molecule has 0 amide bonds. The number of benzene rings is 2. The van der Waals surface area contributed by atoms with E-state index in [0.717, 1.165) is 61.1 Å². The van der Waals surface area contributed by atoms with Crippen molar-refractivity contribution in [2.45, 2.75) is 13.2 Å². The Balaban J connectivity index is 1.50. The first kappa shape index (κ1) is 18.0. The molecule has 29 heavy (non-hydrogen) atoms. The van der Waals surface area contributed by atoms with Gasteiger partial charge in [-0.05, 0) is 19.2 Å². The molecule has 1 fully saturated rings. The molecule has 0 radical (unpaired) electrons. The topological polar surface area (TPSA) is 67.9 Å².